The largest absolute Gasteiger partial charge is 0.395 e. The first-order chi connectivity index (χ1) is 15.9. The van der Waals surface area contributed by atoms with Crippen LogP contribution in [0.25, 0.3) is 11.1 Å². The van der Waals surface area contributed by atoms with E-state index in [1.807, 2.05) is 31.2 Å². The number of ketones is 1. The Morgan fingerprint density at radius 3 is 2.39 bits per heavy atom. The van der Waals surface area contributed by atoms with Crippen LogP contribution in [0.5, 0.6) is 0 Å². The van der Waals surface area contributed by atoms with E-state index in [1.54, 1.807) is 11.0 Å². The van der Waals surface area contributed by atoms with Crippen LogP contribution >= 0.6 is 0 Å². The van der Waals surface area contributed by atoms with Crippen LogP contribution in [0.4, 0.5) is 0 Å². The highest BCUT2D eigenvalue weighted by Crippen LogP contribution is 2.27. The predicted molar refractivity (Wildman–Crippen MR) is 126 cm³/mol. The zero-order chi connectivity index (χ0) is 23.5. The molecule has 0 aromatic heterocycles. The SMILES string of the molecule is Cc1cc(-c2ccccc2C)ccc1C(=O)N1CC(=O)CC1C(=O)N1CCN(CCO)CC1. The standard InChI is InChI=1S/C26H31N3O4/c1-18-5-3-4-6-22(18)20-7-8-23(19(2)15-20)25(32)29-17-21(31)16-24(29)26(33)28-11-9-27(10-12-28)13-14-30/h3-8,15,24,30H,9-14,16-17H2,1-2H3. The molecule has 0 bridgehead atoms. The molecule has 1 atom stereocenters. The lowest BCUT2D eigenvalue weighted by Gasteiger charge is -2.37. The Balaban J connectivity index is 1.51. The van der Waals surface area contributed by atoms with E-state index < -0.39 is 6.04 Å². The number of likely N-dealkylation sites (tertiary alicyclic amines) is 1. The van der Waals surface area contributed by atoms with Gasteiger partial charge in [-0.2, -0.15) is 0 Å². The molecular formula is C26H31N3O4. The molecule has 174 valence electrons. The summed E-state index contributed by atoms with van der Waals surface area (Å²) in [6, 6.07) is 13.1. The molecule has 1 unspecified atom stereocenters. The number of amides is 2. The van der Waals surface area contributed by atoms with Crippen LogP contribution in [0, 0.1) is 13.8 Å². The molecule has 7 heteroatoms. The van der Waals surface area contributed by atoms with E-state index in [4.69, 9.17) is 5.11 Å². The van der Waals surface area contributed by atoms with Crippen molar-refractivity contribution in [3.05, 3.63) is 59.2 Å². The fourth-order valence-electron chi connectivity index (χ4n) is 4.79. The number of carbonyl (C=O) groups is 3. The molecule has 1 N–H and O–H groups in total. The number of hydrogen-bond acceptors (Lipinski definition) is 5. The first-order valence-corrected chi connectivity index (χ1v) is 11.5. The van der Waals surface area contributed by atoms with Crippen molar-refractivity contribution in [2.75, 3.05) is 45.9 Å². The van der Waals surface area contributed by atoms with Gasteiger partial charge in [0, 0.05) is 44.7 Å². The lowest BCUT2D eigenvalue weighted by atomic mass is 9.96. The van der Waals surface area contributed by atoms with Crippen LogP contribution in [0.1, 0.15) is 27.9 Å². The summed E-state index contributed by atoms with van der Waals surface area (Å²) in [5.74, 6) is -0.520. The second kappa shape index (κ2) is 9.85. The molecular weight excluding hydrogens is 418 g/mol. The van der Waals surface area contributed by atoms with Crippen molar-refractivity contribution in [3.63, 3.8) is 0 Å². The fraction of sp³-hybridized carbons (Fsp3) is 0.423. The summed E-state index contributed by atoms with van der Waals surface area (Å²) in [6.45, 7) is 7.04. The summed E-state index contributed by atoms with van der Waals surface area (Å²) in [5, 5.41) is 9.11. The Morgan fingerprint density at radius 2 is 1.73 bits per heavy atom. The van der Waals surface area contributed by atoms with Crippen LogP contribution in [0.3, 0.4) is 0 Å². The number of aryl methyl sites for hydroxylation is 2. The number of hydrogen-bond donors (Lipinski definition) is 1. The van der Waals surface area contributed by atoms with Crippen molar-refractivity contribution >= 4 is 17.6 Å². The van der Waals surface area contributed by atoms with Gasteiger partial charge in [-0.3, -0.25) is 19.3 Å². The number of β-amino-alcohol motifs (C(OH)–C–C–N with tert-alkyl or cyclic N) is 1. The maximum atomic E-state index is 13.4. The number of aliphatic hydroxyl groups excluding tert-OH is 1. The predicted octanol–water partition coefficient (Wildman–Crippen LogP) is 1.89. The molecule has 2 amide bonds. The van der Waals surface area contributed by atoms with Crippen LogP contribution in [-0.4, -0.2) is 89.3 Å². The van der Waals surface area contributed by atoms with Crippen molar-refractivity contribution in [2.24, 2.45) is 0 Å². The van der Waals surface area contributed by atoms with Crippen molar-refractivity contribution < 1.29 is 19.5 Å². The molecule has 0 saturated carbocycles. The summed E-state index contributed by atoms with van der Waals surface area (Å²) in [4.78, 5) is 44.2. The van der Waals surface area contributed by atoms with E-state index in [0.29, 0.717) is 38.3 Å². The molecule has 4 rings (SSSR count). The second-order valence-corrected chi connectivity index (χ2v) is 8.93. The molecule has 7 nitrogen and oxygen atoms in total. The van der Waals surface area contributed by atoms with Gasteiger partial charge in [-0.15, -0.1) is 0 Å². The van der Waals surface area contributed by atoms with Gasteiger partial charge < -0.3 is 14.9 Å². The van der Waals surface area contributed by atoms with E-state index >= 15 is 0 Å². The monoisotopic (exact) mass is 449 g/mol. The fourth-order valence-corrected chi connectivity index (χ4v) is 4.79. The van der Waals surface area contributed by atoms with Crippen molar-refractivity contribution in [2.45, 2.75) is 26.3 Å². The molecule has 2 fully saturated rings. The van der Waals surface area contributed by atoms with Gasteiger partial charge in [0.2, 0.25) is 5.91 Å². The molecule has 0 spiro atoms. The highest BCUT2D eigenvalue weighted by molar-refractivity contribution is 6.04. The number of rotatable bonds is 5. The zero-order valence-electron chi connectivity index (χ0n) is 19.3. The average Bonchev–Trinajstić information content (AvgIpc) is 3.21. The van der Waals surface area contributed by atoms with Gasteiger partial charge in [-0.05, 0) is 42.2 Å². The molecule has 2 aromatic rings. The molecule has 2 heterocycles. The molecule has 2 aromatic carbocycles. The van der Waals surface area contributed by atoms with E-state index in [0.717, 1.165) is 22.3 Å². The van der Waals surface area contributed by atoms with Crippen LogP contribution in [-0.2, 0) is 9.59 Å². The van der Waals surface area contributed by atoms with Gasteiger partial charge in [0.1, 0.15) is 6.04 Å². The third kappa shape index (κ3) is 4.84. The molecule has 0 aliphatic carbocycles. The Kier molecular flexibility index (Phi) is 6.91. The summed E-state index contributed by atoms with van der Waals surface area (Å²) in [6.07, 6.45) is 0.0712. The van der Waals surface area contributed by atoms with E-state index in [2.05, 4.69) is 24.0 Å². The van der Waals surface area contributed by atoms with Crippen LogP contribution in [0.15, 0.2) is 42.5 Å². The highest BCUT2D eigenvalue weighted by Gasteiger charge is 2.41. The number of Topliss-reactive ketones (excluding diaryl/α,β-unsaturated/α-hetero) is 1. The third-order valence-electron chi connectivity index (χ3n) is 6.70. The quantitative estimate of drug-likeness (QED) is 0.754. The Labute approximate surface area is 194 Å². The average molecular weight is 450 g/mol. The summed E-state index contributed by atoms with van der Waals surface area (Å²) in [5.41, 5.74) is 4.65. The van der Waals surface area contributed by atoms with Gasteiger partial charge in [0.15, 0.2) is 5.78 Å². The number of piperazine rings is 1. The second-order valence-electron chi connectivity index (χ2n) is 8.93. The smallest absolute Gasteiger partial charge is 0.255 e. The first kappa shape index (κ1) is 23.1. The molecule has 33 heavy (non-hydrogen) atoms. The van der Waals surface area contributed by atoms with Gasteiger partial charge in [0.05, 0.1) is 13.2 Å². The van der Waals surface area contributed by atoms with Gasteiger partial charge in [-0.25, -0.2) is 0 Å². The normalized spacial score (nSPS) is 19.2. The summed E-state index contributed by atoms with van der Waals surface area (Å²) in [7, 11) is 0. The lowest BCUT2D eigenvalue weighted by molar-refractivity contribution is -0.137. The number of benzene rings is 2. The van der Waals surface area contributed by atoms with Crippen molar-refractivity contribution in [1.29, 1.82) is 0 Å². The van der Waals surface area contributed by atoms with Gasteiger partial charge >= 0.3 is 0 Å². The minimum absolute atomic E-state index is 0.0291. The third-order valence-corrected chi connectivity index (χ3v) is 6.70. The Hall–Kier alpha value is -3.03. The minimum atomic E-state index is -0.746. The number of carbonyl (C=O) groups excluding carboxylic acids is 3. The topological polar surface area (TPSA) is 81.2 Å². The van der Waals surface area contributed by atoms with Crippen molar-refractivity contribution in [1.82, 2.24) is 14.7 Å². The van der Waals surface area contributed by atoms with Crippen LogP contribution in [0.2, 0.25) is 0 Å². The maximum Gasteiger partial charge on any atom is 0.255 e. The minimum Gasteiger partial charge on any atom is -0.395 e. The van der Waals surface area contributed by atoms with Crippen LogP contribution < -0.4 is 0 Å². The number of nitrogens with zero attached hydrogens (tertiary/aromatic N) is 3. The van der Waals surface area contributed by atoms with E-state index in [-0.39, 0.29) is 37.2 Å². The van der Waals surface area contributed by atoms with E-state index in [1.165, 1.54) is 4.90 Å². The van der Waals surface area contributed by atoms with Gasteiger partial charge in [-0.1, -0.05) is 36.4 Å². The Bertz CT molecular complexity index is 1060. The van der Waals surface area contributed by atoms with E-state index in [9.17, 15) is 14.4 Å². The Morgan fingerprint density at radius 1 is 1.00 bits per heavy atom. The number of aliphatic hydroxyl groups is 1. The summed E-state index contributed by atoms with van der Waals surface area (Å²) >= 11 is 0. The summed E-state index contributed by atoms with van der Waals surface area (Å²) < 4.78 is 0. The zero-order valence-corrected chi connectivity index (χ0v) is 19.3. The first-order valence-electron chi connectivity index (χ1n) is 11.5. The molecule has 2 aliphatic rings. The lowest BCUT2D eigenvalue weighted by Crippen LogP contribution is -2.54. The van der Waals surface area contributed by atoms with Gasteiger partial charge in [0.25, 0.3) is 5.91 Å². The molecule has 0 radical (unpaired) electrons. The molecule has 2 aliphatic heterocycles. The molecule has 2 saturated heterocycles. The maximum absolute atomic E-state index is 13.4. The van der Waals surface area contributed by atoms with Crippen molar-refractivity contribution in [3.8, 4) is 11.1 Å². The highest BCUT2D eigenvalue weighted by atomic mass is 16.3.